The molecule has 12 heteroatoms. The van der Waals surface area contributed by atoms with E-state index in [1.807, 2.05) is 12.1 Å². The second kappa shape index (κ2) is 11.3. The van der Waals surface area contributed by atoms with Gasteiger partial charge in [-0.1, -0.05) is 36.4 Å². The van der Waals surface area contributed by atoms with E-state index >= 15 is 0 Å². The molecule has 0 amide bonds. The maximum Gasteiger partial charge on any atom is 0.131 e. The molecular formula is C14H18N2O8P2-4. The predicted molar refractivity (Wildman–Crippen MR) is 80.6 cm³/mol. The van der Waals surface area contributed by atoms with Crippen molar-refractivity contribution in [1.82, 2.24) is 0 Å². The van der Waals surface area contributed by atoms with Crippen LogP contribution in [0.1, 0.15) is 11.1 Å². The molecule has 0 atom stereocenters. The summed E-state index contributed by atoms with van der Waals surface area (Å²) in [5.41, 5.74) is 13.0. The smallest absolute Gasteiger partial charge is 0.131 e. The van der Waals surface area contributed by atoms with Crippen LogP contribution in [0.4, 0.5) is 11.4 Å². The SMILES string of the molecule is O=P([O-])([O-])[O-].O=P([O-])([O-])[O-].[NH3+]c1ccccc1CCc1ccccc1[NH3+]. The summed E-state index contributed by atoms with van der Waals surface area (Å²) in [6.45, 7) is 0. The summed E-state index contributed by atoms with van der Waals surface area (Å²) in [6, 6.07) is 16.6. The largest absolute Gasteiger partial charge is 0.822 e. The molecule has 0 fully saturated rings. The lowest BCUT2D eigenvalue weighted by molar-refractivity contribution is -0.434. The van der Waals surface area contributed by atoms with Crippen molar-refractivity contribution in [3.05, 3.63) is 59.7 Å². The summed E-state index contributed by atoms with van der Waals surface area (Å²) in [4.78, 5) is 51.3. The Morgan fingerprint density at radius 1 is 0.615 bits per heavy atom. The van der Waals surface area contributed by atoms with Crippen LogP contribution in [-0.2, 0) is 22.0 Å². The second-order valence-electron chi connectivity index (χ2n) is 4.93. The van der Waals surface area contributed by atoms with Gasteiger partial charge in [-0.25, -0.2) is 0 Å². The zero-order chi connectivity index (χ0) is 20.4. The lowest BCUT2D eigenvalue weighted by Gasteiger charge is -2.36. The predicted octanol–water partition coefficient (Wildman–Crippen LogP) is -4.43. The monoisotopic (exact) mass is 404 g/mol. The summed E-state index contributed by atoms with van der Waals surface area (Å²) in [6.07, 6.45) is 2.07. The first-order valence-electron chi connectivity index (χ1n) is 7.03. The van der Waals surface area contributed by atoms with E-state index in [9.17, 15) is 0 Å². The van der Waals surface area contributed by atoms with Crippen LogP contribution in [-0.4, -0.2) is 0 Å². The third-order valence-corrected chi connectivity index (χ3v) is 2.90. The molecule has 0 spiro atoms. The van der Waals surface area contributed by atoms with Crippen LogP contribution in [0.5, 0.6) is 0 Å². The van der Waals surface area contributed by atoms with E-state index < -0.39 is 15.6 Å². The van der Waals surface area contributed by atoms with Crippen LogP contribution >= 0.6 is 15.6 Å². The van der Waals surface area contributed by atoms with E-state index in [4.69, 9.17) is 38.5 Å². The van der Waals surface area contributed by atoms with Crippen LogP contribution in [0.25, 0.3) is 0 Å². The van der Waals surface area contributed by atoms with E-state index in [0.29, 0.717) is 0 Å². The molecular weight excluding hydrogens is 386 g/mol. The summed E-state index contributed by atoms with van der Waals surface area (Å²) < 4.78 is 17.1. The molecule has 2 aromatic carbocycles. The highest BCUT2D eigenvalue weighted by Gasteiger charge is 2.04. The van der Waals surface area contributed by atoms with E-state index in [0.717, 1.165) is 24.2 Å². The summed E-state index contributed by atoms with van der Waals surface area (Å²) in [5.74, 6) is 0. The fourth-order valence-electron chi connectivity index (χ4n) is 1.87. The molecule has 146 valence electrons. The Labute approximate surface area is 150 Å². The van der Waals surface area contributed by atoms with Gasteiger partial charge in [-0.3, -0.25) is 0 Å². The number of hydrogen-bond donors (Lipinski definition) is 2. The van der Waals surface area contributed by atoms with Crippen LogP contribution in [0.15, 0.2) is 48.5 Å². The van der Waals surface area contributed by atoms with Crippen LogP contribution in [0.2, 0.25) is 0 Å². The van der Waals surface area contributed by atoms with Gasteiger partial charge >= 0.3 is 0 Å². The normalized spacial score (nSPS) is 10.9. The van der Waals surface area contributed by atoms with Crippen molar-refractivity contribution in [2.24, 2.45) is 0 Å². The molecule has 2 rings (SSSR count). The van der Waals surface area contributed by atoms with Crippen LogP contribution in [0.3, 0.4) is 0 Å². The van der Waals surface area contributed by atoms with Gasteiger partial charge in [0.2, 0.25) is 0 Å². The fourth-order valence-corrected chi connectivity index (χ4v) is 1.87. The Kier molecular flexibility index (Phi) is 10.7. The number of benzene rings is 2. The second-order valence-corrected chi connectivity index (χ2v) is 6.72. The average Bonchev–Trinajstić information content (AvgIpc) is 2.44. The zero-order valence-corrected chi connectivity index (χ0v) is 15.4. The first kappa shape index (κ1) is 24.6. The first-order chi connectivity index (χ1) is 11.8. The van der Waals surface area contributed by atoms with Gasteiger partial charge in [0.1, 0.15) is 11.4 Å². The Hall–Kier alpha value is -1.42. The Balaban J connectivity index is 0.000000520. The third kappa shape index (κ3) is 16.1. The Bertz CT molecular complexity index is 693. The van der Waals surface area contributed by atoms with Crippen LogP contribution in [0, 0.1) is 0 Å². The Morgan fingerprint density at radius 3 is 1.08 bits per heavy atom. The molecule has 0 aliphatic heterocycles. The number of hydrogen-bond acceptors (Lipinski definition) is 8. The van der Waals surface area contributed by atoms with Crippen molar-refractivity contribution in [1.29, 1.82) is 0 Å². The molecule has 0 aromatic heterocycles. The molecule has 0 heterocycles. The minimum Gasteiger partial charge on any atom is -0.822 e. The van der Waals surface area contributed by atoms with Gasteiger partial charge in [-0.2, -0.15) is 15.6 Å². The van der Waals surface area contributed by atoms with E-state index in [-0.39, 0.29) is 0 Å². The Morgan fingerprint density at radius 2 is 0.846 bits per heavy atom. The number of aryl methyl sites for hydroxylation is 2. The lowest BCUT2D eigenvalue weighted by atomic mass is 10.0. The number of rotatable bonds is 3. The molecule has 0 aliphatic carbocycles. The van der Waals surface area contributed by atoms with E-state index in [1.165, 1.54) is 11.1 Å². The van der Waals surface area contributed by atoms with E-state index in [1.54, 1.807) is 0 Å². The molecule has 0 radical (unpaired) electrons. The fraction of sp³-hybridized carbons (Fsp3) is 0.143. The molecule has 26 heavy (non-hydrogen) atoms. The summed E-state index contributed by atoms with van der Waals surface area (Å²) >= 11 is 0. The minimum atomic E-state index is -5.39. The zero-order valence-electron chi connectivity index (χ0n) is 13.6. The topological polar surface area (TPSA) is 228 Å². The molecule has 0 bridgehead atoms. The van der Waals surface area contributed by atoms with Gasteiger partial charge in [-0.15, -0.1) is 0 Å². The third-order valence-electron chi connectivity index (χ3n) is 2.90. The van der Waals surface area contributed by atoms with Crippen LogP contribution < -0.4 is 40.8 Å². The maximum atomic E-state index is 8.55. The molecule has 6 N–H and O–H groups in total. The molecule has 0 saturated heterocycles. The van der Waals surface area contributed by atoms with Gasteiger partial charge in [0.05, 0.1) is 0 Å². The lowest BCUT2D eigenvalue weighted by Crippen LogP contribution is -2.42. The van der Waals surface area contributed by atoms with Gasteiger partial charge in [0, 0.05) is 11.1 Å². The van der Waals surface area contributed by atoms with Gasteiger partial charge < -0.3 is 50.0 Å². The van der Waals surface area contributed by atoms with E-state index in [2.05, 4.69) is 47.9 Å². The van der Waals surface area contributed by atoms with Gasteiger partial charge in [-0.05, 0) is 25.0 Å². The quantitative estimate of drug-likeness (QED) is 0.473. The minimum absolute atomic E-state index is 1.03. The maximum absolute atomic E-state index is 8.55. The molecule has 10 nitrogen and oxygen atoms in total. The van der Waals surface area contributed by atoms with Crippen molar-refractivity contribution >= 4 is 27.0 Å². The molecule has 2 aromatic rings. The van der Waals surface area contributed by atoms with Crippen molar-refractivity contribution in [3.63, 3.8) is 0 Å². The highest BCUT2D eigenvalue weighted by molar-refractivity contribution is 7.40. The molecule has 0 saturated carbocycles. The van der Waals surface area contributed by atoms with Gasteiger partial charge in [0.15, 0.2) is 0 Å². The molecule has 0 unspecified atom stereocenters. The van der Waals surface area contributed by atoms with Crippen molar-refractivity contribution in [2.75, 3.05) is 0 Å². The van der Waals surface area contributed by atoms with Crippen molar-refractivity contribution < 1.29 is 50.0 Å². The summed E-state index contributed by atoms with van der Waals surface area (Å²) in [5, 5.41) is 0. The molecule has 0 aliphatic rings. The standard InChI is InChI=1S/C14H16N2.2H3O4P/c15-13-7-3-1-5-11(13)9-10-12-6-2-4-8-14(12)16;2*1-5(2,3)4/h1-8H,9-10,15-16H2;2*(H3,1,2,3,4)/p-4. The highest BCUT2D eigenvalue weighted by atomic mass is 31.2. The summed E-state index contributed by atoms with van der Waals surface area (Å²) in [7, 11) is -10.8. The first-order valence-corrected chi connectivity index (χ1v) is 9.95. The number of quaternary nitrogens is 2. The van der Waals surface area contributed by atoms with Crippen molar-refractivity contribution in [3.8, 4) is 0 Å². The van der Waals surface area contributed by atoms with Gasteiger partial charge in [0.25, 0.3) is 0 Å². The highest BCUT2D eigenvalue weighted by Crippen LogP contribution is 2.15. The average molecular weight is 404 g/mol. The van der Waals surface area contributed by atoms with Crippen molar-refractivity contribution in [2.45, 2.75) is 12.8 Å². The number of phosphoric acid groups is 2.